The number of fused-ring (bicyclic) bond motifs is 1. The van der Waals surface area contributed by atoms with Crippen molar-refractivity contribution in [2.24, 2.45) is 5.73 Å². The van der Waals surface area contributed by atoms with Crippen molar-refractivity contribution in [1.29, 1.82) is 0 Å². The van der Waals surface area contributed by atoms with E-state index in [9.17, 15) is 24.8 Å². The van der Waals surface area contributed by atoms with Crippen LogP contribution in [0.3, 0.4) is 0 Å². The molecule has 1 atom stereocenters. The maximum absolute atomic E-state index is 12.5. The lowest BCUT2D eigenvalue weighted by molar-refractivity contribution is -0.128. The number of benzene rings is 1. The molecule has 0 saturated heterocycles. The van der Waals surface area contributed by atoms with E-state index in [0.29, 0.717) is 31.0 Å². The smallest absolute Gasteiger partial charge is 0.534 e. The Morgan fingerprint density at radius 2 is 2.03 bits per heavy atom. The van der Waals surface area contributed by atoms with Gasteiger partial charge in [0, 0.05) is 19.1 Å². The van der Waals surface area contributed by atoms with E-state index in [1.165, 1.54) is 6.07 Å². The Labute approximate surface area is 169 Å². The molecule has 158 valence electrons. The van der Waals surface area contributed by atoms with E-state index in [-0.39, 0.29) is 30.1 Å². The summed E-state index contributed by atoms with van der Waals surface area (Å²) in [5.41, 5.74) is 5.00. The fraction of sp³-hybridized carbons (Fsp3) is 0.579. The number of aliphatic hydroxyl groups is 1. The quantitative estimate of drug-likeness (QED) is 0.330. The molecule has 1 aliphatic heterocycles. The number of para-hydroxylation sites is 1. The first-order valence-corrected chi connectivity index (χ1v) is 9.96. The van der Waals surface area contributed by atoms with Crippen molar-refractivity contribution >= 4 is 19.0 Å². The average Bonchev–Trinajstić information content (AvgIpc) is 2.67. The van der Waals surface area contributed by atoms with E-state index in [2.05, 4.69) is 10.6 Å². The molecule has 9 nitrogen and oxygen atoms in total. The van der Waals surface area contributed by atoms with Gasteiger partial charge in [0.25, 0.3) is 0 Å². The summed E-state index contributed by atoms with van der Waals surface area (Å²) in [6.07, 6.45) is 2.75. The van der Waals surface area contributed by atoms with Gasteiger partial charge in [0.15, 0.2) is 0 Å². The van der Waals surface area contributed by atoms with Crippen LogP contribution in [0.15, 0.2) is 18.2 Å². The van der Waals surface area contributed by atoms with Gasteiger partial charge in [-0.1, -0.05) is 12.1 Å². The minimum atomic E-state index is -1.36. The maximum Gasteiger partial charge on any atom is 0.547 e. The molecule has 0 spiro atoms. The Morgan fingerprint density at radius 3 is 2.69 bits per heavy atom. The number of carboxylic acid groups (broad SMARTS) is 1. The van der Waals surface area contributed by atoms with Gasteiger partial charge in [0.2, 0.25) is 5.91 Å². The molecule has 3 rings (SSSR count). The Hall–Kier alpha value is -2.14. The SMILES string of the molecule is NCCNC1CCC(O)(CC(=O)N[C@H]2Cc3cccc(C(=O)O)c3OB2O)CC1. The number of carbonyl (C=O) groups is 2. The van der Waals surface area contributed by atoms with Crippen LogP contribution in [-0.4, -0.2) is 64.9 Å². The highest BCUT2D eigenvalue weighted by Crippen LogP contribution is 2.32. The number of aromatic carboxylic acids is 1. The van der Waals surface area contributed by atoms with Crippen molar-refractivity contribution in [3.8, 4) is 5.75 Å². The number of hydrogen-bond acceptors (Lipinski definition) is 7. The first-order valence-electron chi connectivity index (χ1n) is 9.96. The molecule has 7 N–H and O–H groups in total. The number of nitrogens with two attached hydrogens (primary N) is 1. The third-order valence-corrected chi connectivity index (χ3v) is 5.68. The zero-order chi connectivity index (χ0) is 21.0. The molecular weight excluding hydrogens is 377 g/mol. The molecule has 29 heavy (non-hydrogen) atoms. The van der Waals surface area contributed by atoms with E-state index in [1.807, 2.05) is 0 Å². The lowest BCUT2D eigenvalue weighted by Crippen LogP contribution is -2.54. The van der Waals surface area contributed by atoms with E-state index in [0.717, 1.165) is 19.4 Å². The van der Waals surface area contributed by atoms with E-state index >= 15 is 0 Å². The number of rotatable bonds is 7. The molecular formula is C19H28BN3O6. The second-order valence-corrected chi connectivity index (χ2v) is 7.90. The molecule has 0 bridgehead atoms. The minimum absolute atomic E-state index is 0.0272. The highest BCUT2D eigenvalue weighted by Gasteiger charge is 2.40. The van der Waals surface area contributed by atoms with Crippen LogP contribution in [0.4, 0.5) is 0 Å². The Morgan fingerprint density at radius 1 is 1.31 bits per heavy atom. The number of carboxylic acids is 1. The van der Waals surface area contributed by atoms with Crippen LogP contribution < -0.4 is 21.0 Å². The fourth-order valence-corrected chi connectivity index (χ4v) is 4.10. The lowest BCUT2D eigenvalue weighted by atomic mass is 9.72. The molecule has 1 amide bonds. The predicted molar refractivity (Wildman–Crippen MR) is 107 cm³/mol. The normalized spacial score (nSPS) is 26.4. The topological polar surface area (TPSA) is 154 Å². The molecule has 1 aromatic rings. The predicted octanol–water partition coefficient (Wildman–Crippen LogP) is -0.564. The van der Waals surface area contributed by atoms with Crippen molar-refractivity contribution < 1.29 is 29.5 Å². The number of amides is 1. The first kappa shape index (κ1) is 21.6. The van der Waals surface area contributed by atoms with Gasteiger partial charge >= 0.3 is 13.1 Å². The van der Waals surface area contributed by atoms with Crippen molar-refractivity contribution in [2.45, 2.75) is 56.1 Å². The molecule has 10 heteroatoms. The van der Waals surface area contributed by atoms with Crippen molar-refractivity contribution in [2.75, 3.05) is 13.1 Å². The largest absolute Gasteiger partial charge is 0.547 e. The van der Waals surface area contributed by atoms with Crippen molar-refractivity contribution in [1.82, 2.24) is 10.6 Å². The van der Waals surface area contributed by atoms with Crippen LogP contribution in [0, 0.1) is 0 Å². The molecule has 1 aromatic carbocycles. The third-order valence-electron chi connectivity index (χ3n) is 5.68. The van der Waals surface area contributed by atoms with Gasteiger partial charge in [-0.15, -0.1) is 0 Å². The highest BCUT2D eigenvalue weighted by atomic mass is 16.5. The summed E-state index contributed by atoms with van der Waals surface area (Å²) in [6, 6.07) is 5.01. The Bertz CT molecular complexity index is 753. The molecule has 1 heterocycles. The summed E-state index contributed by atoms with van der Waals surface area (Å²) in [7, 11) is -1.36. The number of carbonyl (C=O) groups excluding carboxylic acids is 1. The third kappa shape index (κ3) is 5.27. The van der Waals surface area contributed by atoms with Crippen LogP contribution in [0.2, 0.25) is 0 Å². The van der Waals surface area contributed by atoms with Crippen molar-refractivity contribution in [3.05, 3.63) is 29.3 Å². The second kappa shape index (κ2) is 9.12. The van der Waals surface area contributed by atoms with E-state index in [4.69, 9.17) is 10.4 Å². The Balaban J connectivity index is 1.56. The summed E-state index contributed by atoms with van der Waals surface area (Å²) < 4.78 is 5.38. The van der Waals surface area contributed by atoms with Crippen LogP contribution >= 0.6 is 0 Å². The second-order valence-electron chi connectivity index (χ2n) is 7.90. The minimum Gasteiger partial charge on any atom is -0.534 e. The summed E-state index contributed by atoms with van der Waals surface area (Å²) in [6.45, 7) is 1.29. The number of nitrogens with one attached hydrogen (secondary N) is 2. The molecule has 1 aliphatic carbocycles. The van der Waals surface area contributed by atoms with E-state index < -0.39 is 24.6 Å². The van der Waals surface area contributed by atoms with Gasteiger partial charge in [-0.05, 0) is 43.7 Å². The summed E-state index contributed by atoms with van der Waals surface area (Å²) in [5, 5.41) is 36.3. The summed E-state index contributed by atoms with van der Waals surface area (Å²) >= 11 is 0. The zero-order valence-corrected chi connectivity index (χ0v) is 16.3. The zero-order valence-electron chi connectivity index (χ0n) is 16.3. The monoisotopic (exact) mass is 405 g/mol. The van der Waals surface area contributed by atoms with Crippen LogP contribution in [-0.2, 0) is 11.2 Å². The van der Waals surface area contributed by atoms with Gasteiger partial charge in [0.1, 0.15) is 5.75 Å². The molecule has 0 unspecified atom stereocenters. The van der Waals surface area contributed by atoms with Gasteiger partial charge in [-0.2, -0.15) is 0 Å². The molecule has 0 aromatic heterocycles. The molecule has 0 radical (unpaired) electrons. The standard InChI is InChI=1S/C19H28BN3O6/c21-8-9-22-13-4-6-19(27,7-5-13)11-16(24)23-15-10-12-2-1-3-14(18(25)26)17(12)29-20(15)28/h1-3,13,15,22,27-28H,4-11,21H2,(H,23,24)(H,25,26)/t13?,15-,19?/m0/s1. The lowest BCUT2D eigenvalue weighted by Gasteiger charge is -2.36. The first-order chi connectivity index (χ1) is 13.8. The van der Waals surface area contributed by atoms with E-state index in [1.54, 1.807) is 12.1 Å². The van der Waals surface area contributed by atoms with Gasteiger partial charge in [-0.25, -0.2) is 4.79 Å². The maximum atomic E-state index is 12.5. The van der Waals surface area contributed by atoms with Gasteiger partial charge < -0.3 is 36.3 Å². The average molecular weight is 405 g/mol. The molecule has 1 fully saturated rings. The van der Waals surface area contributed by atoms with Crippen LogP contribution in [0.5, 0.6) is 5.75 Å². The van der Waals surface area contributed by atoms with Gasteiger partial charge in [-0.3, -0.25) is 4.79 Å². The number of hydrogen-bond donors (Lipinski definition) is 6. The van der Waals surface area contributed by atoms with Crippen molar-refractivity contribution in [3.63, 3.8) is 0 Å². The van der Waals surface area contributed by atoms with Crippen LogP contribution in [0.1, 0.15) is 48.0 Å². The van der Waals surface area contributed by atoms with Gasteiger partial charge in [0.05, 0.1) is 23.5 Å². The molecule has 2 aliphatic rings. The Kier molecular flexibility index (Phi) is 6.79. The summed E-state index contributed by atoms with van der Waals surface area (Å²) in [5.74, 6) is -2.10. The van der Waals surface area contributed by atoms with Crippen LogP contribution in [0.25, 0.3) is 0 Å². The molecule has 1 saturated carbocycles. The highest BCUT2D eigenvalue weighted by molar-refractivity contribution is 6.47. The fourth-order valence-electron chi connectivity index (χ4n) is 4.10. The summed E-state index contributed by atoms with van der Waals surface area (Å²) in [4.78, 5) is 23.8.